The van der Waals surface area contributed by atoms with E-state index in [4.69, 9.17) is 27.9 Å². The summed E-state index contributed by atoms with van der Waals surface area (Å²) in [6.07, 6.45) is 0. The lowest BCUT2D eigenvalue weighted by Crippen LogP contribution is -2.53. The highest BCUT2D eigenvalue weighted by molar-refractivity contribution is 9.10. The second kappa shape index (κ2) is 11.6. The number of nitrogens with one attached hydrogen (secondary N) is 1. The first-order chi connectivity index (χ1) is 15.3. The summed E-state index contributed by atoms with van der Waals surface area (Å²) in [4.78, 5) is 27.5. The molecule has 1 atom stereocenters. The van der Waals surface area contributed by atoms with Gasteiger partial charge in [0.2, 0.25) is 5.91 Å². The molecule has 0 fully saturated rings. The van der Waals surface area contributed by atoms with Crippen LogP contribution in [0.25, 0.3) is 0 Å². The van der Waals surface area contributed by atoms with Crippen molar-refractivity contribution in [2.75, 3.05) is 6.61 Å². The third kappa shape index (κ3) is 8.20. The number of halogens is 3. The van der Waals surface area contributed by atoms with Gasteiger partial charge < -0.3 is 15.0 Å². The van der Waals surface area contributed by atoms with E-state index >= 15 is 0 Å². The molecule has 0 aliphatic rings. The highest BCUT2D eigenvalue weighted by atomic mass is 79.9. The Morgan fingerprint density at radius 3 is 2.27 bits per heavy atom. The topological polar surface area (TPSA) is 58.6 Å². The Labute approximate surface area is 214 Å². The molecule has 33 heavy (non-hydrogen) atoms. The van der Waals surface area contributed by atoms with Gasteiger partial charge in [-0.05, 0) is 84.9 Å². The Hall–Kier alpha value is -1.76. The average Bonchev–Trinajstić information content (AvgIpc) is 2.71. The SMILES string of the molecule is CC(C)c1ccc(OCC(=O)N(Cc2ccc(Cl)c(Cl)c2)C(C)C(=O)NC(C)(C)C)c(Br)c1. The smallest absolute Gasteiger partial charge is 0.261 e. The zero-order valence-electron chi connectivity index (χ0n) is 19.8. The molecule has 1 unspecified atom stereocenters. The molecule has 0 aliphatic carbocycles. The van der Waals surface area contributed by atoms with Gasteiger partial charge in [-0.15, -0.1) is 0 Å². The molecule has 1 N–H and O–H groups in total. The van der Waals surface area contributed by atoms with Crippen molar-refractivity contribution in [2.45, 2.75) is 65.6 Å². The van der Waals surface area contributed by atoms with Crippen LogP contribution < -0.4 is 10.1 Å². The zero-order chi connectivity index (χ0) is 24.9. The van der Waals surface area contributed by atoms with Gasteiger partial charge in [-0.2, -0.15) is 0 Å². The third-order valence-corrected chi connectivity index (χ3v) is 6.33. The normalized spacial score (nSPS) is 12.4. The molecule has 2 aromatic rings. The monoisotopic (exact) mass is 556 g/mol. The molecule has 0 saturated heterocycles. The first-order valence-corrected chi connectivity index (χ1v) is 12.3. The van der Waals surface area contributed by atoms with E-state index in [0.717, 1.165) is 15.6 Å². The van der Waals surface area contributed by atoms with Gasteiger partial charge in [0.1, 0.15) is 11.8 Å². The van der Waals surface area contributed by atoms with Gasteiger partial charge in [0, 0.05) is 12.1 Å². The van der Waals surface area contributed by atoms with E-state index in [1.54, 1.807) is 25.1 Å². The van der Waals surface area contributed by atoms with Crippen molar-refractivity contribution >= 4 is 50.9 Å². The highest BCUT2D eigenvalue weighted by Gasteiger charge is 2.29. The molecule has 0 saturated carbocycles. The van der Waals surface area contributed by atoms with Gasteiger partial charge in [0.15, 0.2) is 6.61 Å². The lowest BCUT2D eigenvalue weighted by molar-refractivity contribution is -0.142. The molecule has 0 radical (unpaired) electrons. The Kier molecular flexibility index (Phi) is 9.65. The summed E-state index contributed by atoms with van der Waals surface area (Å²) in [5.41, 5.74) is 1.49. The predicted octanol–water partition coefficient (Wildman–Crippen LogP) is 6.59. The van der Waals surface area contributed by atoms with E-state index in [9.17, 15) is 9.59 Å². The molecule has 0 aromatic heterocycles. The van der Waals surface area contributed by atoms with Crippen molar-refractivity contribution in [1.29, 1.82) is 0 Å². The van der Waals surface area contributed by atoms with Crippen molar-refractivity contribution in [3.8, 4) is 5.75 Å². The number of carbonyl (C=O) groups excluding carboxylic acids is 2. The standard InChI is InChI=1S/C25H31BrCl2N2O3/c1-15(2)18-8-10-22(19(26)12-18)33-14-23(31)30(16(3)24(32)29-25(4,5)6)13-17-7-9-20(27)21(28)11-17/h7-12,15-16H,13-14H2,1-6H3,(H,29,32). The van der Waals surface area contributed by atoms with Crippen molar-refractivity contribution in [3.63, 3.8) is 0 Å². The van der Waals surface area contributed by atoms with E-state index in [0.29, 0.717) is 21.7 Å². The molecule has 5 nitrogen and oxygen atoms in total. The summed E-state index contributed by atoms with van der Waals surface area (Å²) in [6, 6.07) is 10.2. The molecular formula is C25H31BrCl2N2O3. The minimum Gasteiger partial charge on any atom is -0.483 e. The number of ether oxygens (including phenoxy) is 1. The maximum Gasteiger partial charge on any atom is 0.261 e. The quantitative estimate of drug-likeness (QED) is 0.398. The van der Waals surface area contributed by atoms with Gasteiger partial charge in [-0.3, -0.25) is 9.59 Å². The van der Waals surface area contributed by atoms with Crippen molar-refractivity contribution < 1.29 is 14.3 Å². The Bertz CT molecular complexity index is 1010. The van der Waals surface area contributed by atoms with Crippen LogP contribution in [0.3, 0.4) is 0 Å². The van der Waals surface area contributed by atoms with Gasteiger partial charge in [-0.25, -0.2) is 0 Å². The van der Waals surface area contributed by atoms with E-state index in [1.807, 2.05) is 39.0 Å². The van der Waals surface area contributed by atoms with Crippen LogP contribution in [0.5, 0.6) is 5.75 Å². The maximum atomic E-state index is 13.2. The Morgan fingerprint density at radius 1 is 1.06 bits per heavy atom. The molecular weight excluding hydrogens is 527 g/mol. The minimum absolute atomic E-state index is 0.186. The highest BCUT2D eigenvalue weighted by Crippen LogP contribution is 2.29. The van der Waals surface area contributed by atoms with Crippen LogP contribution in [0, 0.1) is 0 Å². The van der Waals surface area contributed by atoms with Crippen LogP contribution in [-0.4, -0.2) is 34.9 Å². The van der Waals surface area contributed by atoms with Crippen molar-refractivity contribution in [3.05, 3.63) is 62.0 Å². The molecule has 0 heterocycles. The second-order valence-electron chi connectivity index (χ2n) is 9.32. The molecule has 2 rings (SSSR count). The van der Waals surface area contributed by atoms with E-state index in [-0.39, 0.29) is 25.0 Å². The van der Waals surface area contributed by atoms with Crippen LogP contribution >= 0.6 is 39.1 Å². The molecule has 2 amide bonds. The van der Waals surface area contributed by atoms with E-state index < -0.39 is 11.6 Å². The summed E-state index contributed by atoms with van der Waals surface area (Å²) in [5, 5.41) is 3.75. The van der Waals surface area contributed by atoms with Crippen LogP contribution in [0.2, 0.25) is 10.0 Å². The molecule has 0 aliphatic heterocycles. The van der Waals surface area contributed by atoms with Gasteiger partial charge in [0.05, 0.1) is 14.5 Å². The molecule has 8 heteroatoms. The number of benzene rings is 2. The van der Waals surface area contributed by atoms with Gasteiger partial charge >= 0.3 is 0 Å². The average molecular weight is 558 g/mol. The number of nitrogens with zero attached hydrogens (tertiary/aromatic N) is 1. The van der Waals surface area contributed by atoms with Crippen LogP contribution in [-0.2, 0) is 16.1 Å². The van der Waals surface area contributed by atoms with Gasteiger partial charge in [0.25, 0.3) is 5.91 Å². The molecule has 2 aromatic carbocycles. The van der Waals surface area contributed by atoms with E-state index in [2.05, 4.69) is 35.1 Å². The van der Waals surface area contributed by atoms with E-state index in [1.165, 1.54) is 4.90 Å². The fourth-order valence-electron chi connectivity index (χ4n) is 3.11. The predicted molar refractivity (Wildman–Crippen MR) is 138 cm³/mol. The first kappa shape index (κ1) is 27.5. The second-order valence-corrected chi connectivity index (χ2v) is 11.0. The minimum atomic E-state index is -0.721. The molecule has 180 valence electrons. The van der Waals surface area contributed by atoms with Crippen LogP contribution in [0.1, 0.15) is 58.6 Å². The number of carbonyl (C=O) groups is 2. The molecule has 0 bridgehead atoms. The lowest BCUT2D eigenvalue weighted by atomic mass is 10.0. The van der Waals surface area contributed by atoms with Crippen LogP contribution in [0.4, 0.5) is 0 Å². The number of hydrogen-bond acceptors (Lipinski definition) is 3. The number of rotatable bonds is 8. The number of amides is 2. The van der Waals surface area contributed by atoms with Crippen LogP contribution in [0.15, 0.2) is 40.9 Å². The number of hydrogen-bond donors (Lipinski definition) is 1. The summed E-state index contributed by atoms with van der Waals surface area (Å²) >= 11 is 15.7. The zero-order valence-corrected chi connectivity index (χ0v) is 22.9. The van der Waals surface area contributed by atoms with Crippen molar-refractivity contribution in [1.82, 2.24) is 10.2 Å². The maximum absolute atomic E-state index is 13.2. The fourth-order valence-corrected chi connectivity index (χ4v) is 3.94. The lowest BCUT2D eigenvalue weighted by Gasteiger charge is -2.31. The first-order valence-electron chi connectivity index (χ1n) is 10.8. The summed E-state index contributed by atoms with van der Waals surface area (Å²) in [6.45, 7) is 11.6. The Morgan fingerprint density at radius 2 is 1.73 bits per heavy atom. The fraction of sp³-hybridized carbons (Fsp3) is 0.440. The summed E-state index contributed by atoms with van der Waals surface area (Å²) in [5.74, 6) is 0.366. The largest absolute Gasteiger partial charge is 0.483 e. The summed E-state index contributed by atoms with van der Waals surface area (Å²) < 4.78 is 6.58. The summed E-state index contributed by atoms with van der Waals surface area (Å²) in [7, 11) is 0. The molecule has 0 spiro atoms. The van der Waals surface area contributed by atoms with Crippen molar-refractivity contribution in [2.24, 2.45) is 0 Å². The third-order valence-electron chi connectivity index (χ3n) is 4.98. The Balaban J connectivity index is 2.23. The van der Waals surface area contributed by atoms with Gasteiger partial charge in [-0.1, -0.05) is 49.2 Å².